The summed E-state index contributed by atoms with van der Waals surface area (Å²) >= 11 is 0. The molecule has 1 amide bonds. The third kappa shape index (κ3) is 2.37. The van der Waals surface area contributed by atoms with Gasteiger partial charge >= 0.3 is 0 Å². The van der Waals surface area contributed by atoms with Gasteiger partial charge in [0.05, 0.1) is 11.3 Å². The van der Waals surface area contributed by atoms with Gasteiger partial charge in [-0.3, -0.25) is 9.78 Å². The number of aromatic nitrogens is 1. The Morgan fingerprint density at radius 2 is 2.21 bits per heavy atom. The van der Waals surface area contributed by atoms with Crippen LogP contribution in [-0.2, 0) is 20.4 Å². The van der Waals surface area contributed by atoms with Crippen molar-refractivity contribution in [3.05, 3.63) is 30.1 Å². The minimum absolute atomic E-state index is 0.0724. The number of carbonyl (C=O) groups excluding carboxylic acids is 1. The minimum atomic E-state index is -3.13. The molecule has 0 aromatic carbocycles. The lowest BCUT2D eigenvalue weighted by Crippen LogP contribution is -2.54. The number of hydrogen-bond donors (Lipinski definition) is 0. The van der Waals surface area contributed by atoms with Crippen molar-refractivity contribution in [2.24, 2.45) is 5.92 Å². The van der Waals surface area contributed by atoms with E-state index in [1.165, 1.54) is 4.31 Å². The highest BCUT2D eigenvalue weighted by atomic mass is 32.2. The first-order chi connectivity index (χ1) is 11.5. The molecule has 0 spiro atoms. The molecule has 0 unspecified atom stereocenters. The SMILES string of the molecule is O=C(CCN1CCCS1(=O)=O)N1CC[C@@H]2CC[C@@]21c1cccnc1. The highest BCUT2D eigenvalue weighted by molar-refractivity contribution is 7.89. The molecule has 0 N–H and O–H groups in total. The molecular weight excluding hydrogens is 326 g/mol. The largest absolute Gasteiger partial charge is 0.333 e. The number of hydrogen-bond acceptors (Lipinski definition) is 4. The summed E-state index contributed by atoms with van der Waals surface area (Å²) < 4.78 is 25.3. The van der Waals surface area contributed by atoms with E-state index in [4.69, 9.17) is 0 Å². The Balaban J connectivity index is 1.50. The Hall–Kier alpha value is -1.47. The van der Waals surface area contributed by atoms with Crippen LogP contribution < -0.4 is 0 Å². The van der Waals surface area contributed by atoms with Crippen LogP contribution in [0, 0.1) is 5.92 Å². The molecular formula is C17H23N3O3S. The first-order valence-corrected chi connectivity index (χ1v) is 10.3. The normalized spacial score (nSPS) is 31.7. The lowest BCUT2D eigenvalue weighted by molar-refractivity contribution is -0.140. The van der Waals surface area contributed by atoms with Crippen molar-refractivity contribution >= 4 is 15.9 Å². The Kier molecular flexibility index (Phi) is 3.88. The summed E-state index contributed by atoms with van der Waals surface area (Å²) in [5, 5.41) is 0. The van der Waals surface area contributed by atoms with E-state index >= 15 is 0 Å². The zero-order valence-electron chi connectivity index (χ0n) is 13.7. The van der Waals surface area contributed by atoms with E-state index < -0.39 is 10.0 Å². The number of carbonyl (C=O) groups is 1. The van der Waals surface area contributed by atoms with Crippen LogP contribution in [0.25, 0.3) is 0 Å². The van der Waals surface area contributed by atoms with Gasteiger partial charge in [-0.2, -0.15) is 0 Å². The summed E-state index contributed by atoms with van der Waals surface area (Å²) in [5.41, 5.74) is 0.927. The number of pyridine rings is 1. The van der Waals surface area contributed by atoms with Crippen molar-refractivity contribution in [3.63, 3.8) is 0 Å². The van der Waals surface area contributed by atoms with E-state index in [9.17, 15) is 13.2 Å². The average molecular weight is 349 g/mol. The molecule has 4 rings (SSSR count). The fraction of sp³-hybridized carbons (Fsp3) is 0.647. The molecule has 3 heterocycles. The summed E-state index contributed by atoms with van der Waals surface area (Å²) in [4.78, 5) is 19.1. The smallest absolute Gasteiger partial charge is 0.224 e. The van der Waals surface area contributed by atoms with Crippen LogP contribution >= 0.6 is 0 Å². The van der Waals surface area contributed by atoms with E-state index in [1.54, 1.807) is 6.20 Å². The van der Waals surface area contributed by atoms with Crippen LogP contribution in [0.1, 0.15) is 37.7 Å². The van der Waals surface area contributed by atoms with Crippen molar-refractivity contribution in [1.82, 2.24) is 14.2 Å². The third-order valence-corrected chi connectivity index (χ3v) is 7.93. The van der Waals surface area contributed by atoms with Gasteiger partial charge in [0.25, 0.3) is 0 Å². The number of sulfonamides is 1. The number of nitrogens with zero attached hydrogens (tertiary/aromatic N) is 3. The molecule has 130 valence electrons. The van der Waals surface area contributed by atoms with E-state index in [0.717, 1.165) is 31.4 Å². The van der Waals surface area contributed by atoms with Gasteiger partial charge in [0.2, 0.25) is 15.9 Å². The topological polar surface area (TPSA) is 70.6 Å². The molecule has 24 heavy (non-hydrogen) atoms. The van der Waals surface area contributed by atoms with E-state index in [-0.39, 0.29) is 23.6 Å². The molecule has 1 aromatic rings. The van der Waals surface area contributed by atoms with Crippen LogP contribution in [0.15, 0.2) is 24.5 Å². The zero-order chi connectivity index (χ0) is 16.8. The molecule has 2 atom stereocenters. The molecule has 6 nitrogen and oxygen atoms in total. The number of amides is 1. The monoisotopic (exact) mass is 349 g/mol. The zero-order valence-corrected chi connectivity index (χ0v) is 14.5. The highest BCUT2D eigenvalue weighted by Crippen LogP contribution is 2.56. The maximum atomic E-state index is 12.9. The first-order valence-electron chi connectivity index (χ1n) is 8.73. The summed E-state index contributed by atoms with van der Waals surface area (Å²) in [7, 11) is -3.13. The third-order valence-electron chi connectivity index (χ3n) is 5.97. The second-order valence-corrected chi connectivity index (χ2v) is 9.14. The van der Waals surface area contributed by atoms with Gasteiger partial charge in [-0.25, -0.2) is 12.7 Å². The van der Waals surface area contributed by atoms with Crippen molar-refractivity contribution in [2.75, 3.05) is 25.4 Å². The average Bonchev–Trinajstić information content (AvgIpc) is 3.02. The van der Waals surface area contributed by atoms with Crippen LogP contribution in [0.3, 0.4) is 0 Å². The quantitative estimate of drug-likeness (QED) is 0.823. The minimum Gasteiger partial charge on any atom is -0.333 e. The van der Waals surface area contributed by atoms with Gasteiger partial charge in [-0.15, -0.1) is 0 Å². The lowest BCUT2D eigenvalue weighted by Gasteiger charge is -2.50. The molecule has 1 aromatic heterocycles. The van der Waals surface area contributed by atoms with Gasteiger partial charge < -0.3 is 4.90 Å². The van der Waals surface area contributed by atoms with Gasteiger partial charge in [0.1, 0.15) is 0 Å². The Bertz CT molecular complexity index is 737. The summed E-state index contributed by atoms with van der Waals surface area (Å²) in [6.45, 7) is 1.63. The molecule has 3 aliphatic rings. The number of likely N-dealkylation sites (tertiary alicyclic amines) is 1. The van der Waals surface area contributed by atoms with Gasteiger partial charge in [0, 0.05) is 38.4 Å². The van der Waals surface area contributed by atoms with E-state index in [2.05, 4.69) is 11.1 Å². The van der Waals surface area contributed by atoms with Crippen molar-refractivity contribution in [1.29, 1.82) is 0 Å². The molecule has 1 saturated carbocycles. The fourth-order valence-electron chi connectivity index (χ4n) is 4.64. The molecule has 2 saturated heterocycles. The predicted molar refractivity (Wildman–Crippen MR) is 89.6 cm³/mol. The van der Waals surface area contributed by atoms with Gasteiger partial charge in [-0.05, 0) is 43.2 Å². The fourth-order valence-corrected chi connectivity index (χ4v) is 6.17. The highest BCUT2D eigenvalue weighted by Gasteiger charge is 2.57. The van der Waals surface area contributed by atoms with Crippen molar-refractivity contribution < 1.29 is 13.2 Å². The summed E-state index contributed by atoms with van der Waals surface area (Å²) in [5.74, 6) is 0.802. The van der Waals surface area contributed by atoms with Gasteiger partial charge in [0.15, 0.2) is 0 Å². The van der Waals surface area contributed by atoms with E-state index in [0.29, 0.717) is 25.4 Å². The summed E-state index contributed by atoms with van der Waals surface area (Å²) in [6, 6.07) is 3.99. The molecule has 0 bridgehead atoms. The first kappa shape index (κ1) is 16.0. The van der Waals surface area contributed by atoms with Crippen molar-refractivity contribution in [3.8, 4) is 0 Å². The molecule has 0 radical (unpaired) electrons. The standard InChI is InChI=1S/C17H23N3O3S/c21-16(6-10-19-9-2-12-24(19,22)23)20-11-5-14-4-7-17(14,20)15-3-1-8-18-13-15/h1,3,8,13-14H,2,4-7,9-12H2/t14-,17-/m0/s1. The van der Waals surface area contributed by atoms with Gasteiger partial charge in [-0.1, -0.05) is 6.07 Å². The summed E-state index contributed by atoms with van der Waals surface area (Å²) in [6.07, 6.45) is 7.74. The number of fused-ring (bicyclic) bond motifs is 1. The maximum Gasteiger partial charge on any atom is 0.224 e. The van der Waals surface area contributed by atoms with Crippen LogP contribution in [-0.4, -0.2) is 53.9 Å². The lowest BCUT2D eigenvalue weighted by atomic mass is 9.64. The predicted octanol–water partition coefficient (Wildman–Crippen LogP) is 1.34. The molecule has 3 fully saturated rings. The van der Waals surface area contributed by atoms with Crippen molar-refractivity contribution in [2.45, 2.75) is 37.6 Å². The van der Waals surface area contributed by atoms with E-state index in [1.807, 2.05) is 17.2 Å². The maximum absolute atomic E-state index is 12.9. The van der Waals surface area contributed by atoms with Crippen LogP contribution in [0.2, 0.25) is 0 Å². The Morgan fingerprint density at radius 1 is 1.33 bits per heavy atom. The van der Waals surface area contributed by atoms with Crippen LogP contribution in [0.5, 0.6) is 0 Å². The Morgan fingerprint density at radius 3 is 2.83 bits per heavy atom. The Labute approximate surface area is 142 Å². The number of rotatable bonds is 4. The molecule has 1 aliphatic carbocycles. The molecule has 7 heteroatoms. The van der Waals surface area contributed by atoms with Crippen LogP contribution in [0.4, 0.5) is 0 Å². The molecule has 2 aliphatic heterocycles. The second kappa shape index (κ2) is 5.81. The second-order valence-electron chi connectivity index (χ2n) is 7.05.